The van der Waals surface area contributed by atoms with Crippen LogP contribution in [0.4, 0.5) is 15.1 Å². The van der Waals surface area contributed by atoms with Crippen LogP contribution in [0, 0.1) is 17.2 Å². The minimum absolute atomic E-state index is 0.128. The van der Waals surface area contributed by atoms with Gasteiger partial charge in [-0.15, -0.1) is 11.3 Å². The lowest BCUT2D eigenvalue weighted by atomic mass is 9.72. The number of amides is 1. The van der Waals surface area contributed by atoms with Crippen LogP contribution in [-0.2, 0) is 19.4 Å². The molecule has 0 unspecified atom stereocenters. The predicted octanol–water partition coefficient (Wildman–Crippen LogP) is 8.63. The van der Waals surface area contributed by atoms with E-state index in [0.717, 1.165) is 41.6 Å². The number of hydrogen-bond acceptors (Lipinski definition) is 5. The van der Waals surface area contributed by atoms with Crippen molar-refractivity contribution in [3.8, 4) is 11.5 Å². The van der Waals surface area contributed by atoms with Gasteiger partial charge in [0.15, 0.2) is 11.5 Å². The lowest BCUT2D eigenvalue weighted by Gasteiger charge is -2.33. The highest BCUT2D eigenvalue weighted by atomic mass is 32.1. The van der Waals surface area contributed by atoms with Gasteiger partial charge in [-0.05, 0) is 89.8 Å². The second-order valence-corrected chi connectivity index (χ2v) is 12.5. The number of carbonyl (C=O) groups excluding carboxylic acids is 1. The molecule has 7 heteroatoms. The summed E-state index contributed by atoms with van der Waals surface area (Å²) in [5, 5.41) is 3.78. The third-order valence-electron chi connectivity index (χ3n) is 7.56. The Balaban J connectivity index is 1.40. The normalized spacial score (nSPS) is 15.0. The molecule has 0 saturated heterocycles. The number of rotatable bonds is 8. The Morgan fingerprint density at radius 1 is 1.07 bits per heavy atom. The number of para-hydroxylation sites is 1. The van der Waals surface area contributed by atoms with Gasteiger partial charge in [-0.25, -0.2) is 9.38 Å². The smallest absolute Gasteiger partial charge is 0.259 e. The van der Waals surface area contributed by atoms with Gasteiger partial charge < -0.3 is 14.8 Å². The molecule has 0 fully saturated rings. The molecule has 0 radical (unpaired) electrons. The second kappa shape index (κ2) is 12.3. The van der Waals surface area contributed by atoms with Crippen LogP contribution >= 0.6 is 11.3 Å². The van der Waals surface area contributed by atoms with E-state index in [0.29, 0.717) is 34.6 Å². The van der Waals surface area contributed by atoms with Crippen LogP contribution < -0.4 is 14.8 Å². The van der Waals surface area contributed by atoms with E-state index in [-0.39, 0.29) is 17.1 Å². The fraction of sp³-hybridized carbons (Fsp3) is 0.294. The number of thiophene rings is 1. The van der Waals surface area contributed by atoms with E-state index < -0.39 is 0 Å². The molecule has 5 nitrogen and oxygen atoms in total. The molecule has 1 amide bonds. The summed E-state index contributed by atoms with van der Waals surface area (Å²) in [6.45, 7) is 7.16. The van der Waals surface area contributed by atoms with Crippen molar-refractivity contribution in [2.75, 3.05) is 12.4 Å². The molecule has 41 heavy (non-hydrogen) atoms. The summed E-state index contributed by atoms with van der Waals surface area (Å²) < 4.78 is 24.7. The van der Waals surface area contributed by atoms with Crippen LogP contribution in [0.15, 0.2) is 77.8 Å². The van der Waals surface area contributed by atoms with Gasteiger partial charge in [0.25, 0.3) is 5.91 Å². The van der Waals surface area contributed by atoms with Crippen LogP contribution in [0.1, 0.15) is 59.1 Å². The van der Waals surface area contributed by atoms with Crippen molar-refractivity contribution in [3.05, 3.63) is 106 Å². The first-order valence-electron chi connectivity index (χ1n) is 13.8. The molecule has 0 spiro atoms. The number of fused-ring (bicyclic) bond motifs is 1. The average molecular weight is 571 g/mol. The Morgan fingerprint density at radius 3 is 2.54 bits per heavy atom. The average Bonchev–Trinajstić information content (AvgIpc) is 3.34. The van der Waals surface area contributed by atoms with Gasteiger partial charge in [-0.2, -0.15) is 0 Å². The zero-order valence-electron chi connectivity index (χ0n) is 23.9. The van der Waals surface area contributed by atoms with Crippen molar-refractivity contribution in [3.63, 3.8) is 0 Å². The Bertz CT molecular complexity index is 1540. The first-order valence-corrected chi connectivity index (χ1v) is 14.6. The number of nitrogens with zero attached hydrogens (tertiary/aromatic N) is 1. The van der Waals surface area contributed by atoms with Crippen molar-refractivity contribution >= 4 is 34.1 Å². The quantitative estimate of drug-likeness (QED) is 0.216. The lowest BCUT2D eigenvalue weighted by molar-refractivity contribution is 0.102. The SMILES string of the molecule is COc1cc(C=Nc2sc3c(c2C(=O)Nc2ccccc2)CC[C@@H](C(C)(C)C)C3)ccc1OCc1ccc(F)cc1. The van der Waals surface area contributed by atoms with Crippen LogP contribution in [0.25, 0.3) is 0 Å². The molecule has 5 rings (SSSR count). The molecule has 0 bridgehead atoms. The number of halogens is 1. The summed E-state index contributed by atoms with van der Waals surface area (Å²) in [5.41, 5.74) is 4.44. The standard InChI is InChI=1S/C34H35FN2O3S/c1-34(2,3)24-13-16-27-30(19-24)41-33(31(27)32(38)37-26-8-6-5-7-9-26)36-20-23-12-17-28(29(18-23)39-4)40-21-22-10-14-25(35)15-11-22/h5-12,14-15,17-18,20,24H,13,16,19,21H2,1-4H3,(H,37,38)/t24-/m1/s1. The minimum atomic E-state index is -0.281. The highest BCUT2D eigenvalue weighted by molar-refractivity contribution is 7.16. The van der Waals surface area contributed by atoms with Crippen molar-refractivity contribution in [2.45, 2.75) is 46.6 Å². The van der Waals surface area contributed by atoms with E-state index in [4.69, 9.17) is 14.5 Å². The first-order chi connectivity index (χ1) is 19.7. The number of ether oxygens (including phenoxy) is 2. The Kier molecular flexibility index (Phi) is 8.54. The monoisotopic (exact) mass is 570 g/mol. The van der Waals surface area contributed by atoms with Gasteiger partial charge in [-0.1, -0.05) is 51.1 Å². The van der Waals surface area contributed by atoms with Crippen molar-refractivity contribution in [1.29, 1.82) is 0 Å². The maximum absolute atomic E-state index is 13.6. The number of benzene rings is 3. The van der Waals surface area contributed by atoms with Gasteiger partial charge in [0, 0.05) is 16.8 Å². The fourth-order valence-electron chi connectivity index (χ4n) is 5.11. The van der Waals surface area contributed by atoms with E-state index in [9.17, 15) is 9.18 Å². The molecule has 1 aromatic heterocycles. The number of hydrogen-bond donors (Lipinski definition) is 1. The minimum Gasteiger partial charge on any atom is -0.493 e. The summed E-state index contributed by atoms with van der Waals surface area (Å²) in [6, 6.07) is 21.3. The van der Waals surface area contributed by atoms with Gasteiger partial charge >= 0.3 is 0 Å². The number of anilines is 1. The summed E-state index contributed by atoms with van der Waals surface area (Å²) in [4.78, 5) is 19.7. The van der Waals surface area contributed by atoms with Crippen molar-refractivity contribution < 1.29 is 18.7 Å². The van der Waals surface area contributed by atoms with Crippen LogP contribution in [0.2, 0.25) is 0 Å². The number of methoxy groups -OCH3 is 1. The molecule has 212 valence electrons. The molecular weight excluding hydrogens is 535 g/mol. The van der Waals surface area contributed by atoms with Crippen molar-refractivity contribution in [2.24, 2.45) is 16.3 Å². The fourth-order valence-corrected chi connectivity index (χ4v) is 6.38. The zero-order valence-corrected chi connectivity index (χ0v) is 24.7. The molecular formula is C34H35FN2O3S. The Morgan fingerprint density at radius 2 is 1.83 bits per heavy atom. The van der Waals surface area contributed by atoms with Crippen LogP contribution in [0.3, 0.4) is 0 Å². The molecule has 3 aromatic carbocycles. The third kappa shape index (κ3) is 6.85. The van der Waals surface area contributed by atoms with E-state index in [2.05, 4.69) is 26.1 Å². The molecule has 4 aromatic rings. The van der Waals surface area contributed by atoms with Gasteiger partial charge in [0.1, 0.15) is 17.4 Å². The van der Waals surface area contributed by atoms with E-state index in [1.165, 1.54) is 17.0 Å². The molecule has 1 atom stereocenters. The van der Waals surface area contributed by atoms with Crippen LogP contribution in [-0.4, -0.2) is 19.2 Å². The largest absolute Gasteiger partial charge is 0.493 e. The maximum Gasteiger partial charge on any atom is 0.259 e. The molecule has 1 N–H and O–H groups in total. The number of nitrogens with one attached hydrogen (secondary N) is 1. The van der Waals surface area contributed by atoms with E-state index >= 15 is 0 Å². The van der Waals surface area contributed by atoms with Gasteiger partial charge in [-0.3, -0.25) is 4.79 Å². The molecule has 1 heterocycles. The second-order valence-electron chi connectivity index (χ2n) is 11.4. The number of carbonyl (C=O) groups is 1. The summed E-state index contributed by atoms with van der Waals surface area (Å²) in [6.07, 6.45) is 4.65. The van der Waals surface area contributed by atoms with E-state index in [1.54, 1.807) is 36.8 Å². The number of aliphatic imine (C=N–C) groups is 1. The Labute approximate surface area is 245 Å². The third-order valence-corrected chi connectivity index (χ3v) is 8.72. The topological polar surface area (TPSA) is 59.9 Å². The lowest BCUT2D eigenvalue weighted by Crippen LogP contribution is -2.27. The first kappa shape index (κ1) is 28.6. The highest BCUT2D eigenvalue weighted by Gasteiger charge is 2.33. The summed E-state index contributed by atoms with van der Waals surface area (Å²) in [7, 11) is 1.59. The molecule has 0 saturated carbocycles. The summed E-state index contributed by atoms with van der Waals surface area (Å²) in [5.74, 6) is 1.30. The molecule has 1 aliphatic carbocycles. The van der Waals surface area contributed by atoms with E-state index in [1.807, 2.05) is 48.5 Å². The summed E-state index contributed by atoms with van der Waals surface area (Å²) >= 11 is 1.62. The van der Waals surface area contributed by atoms with Crippen LogP contribution in [0.5, 0.6) is 11.5 Å². The Hall–Kier alpha value is -3.97. The van der Waals surface area contributed by atoms with Gasteiger partial charge in [0.05, 0.1) is 12.7 Å². The predicted molar refractivity (Wildman–Crippen MR) is 165 cm³/mol. The van der Waals surface area contributed by atoms with Crippen molar-refractivity contribution in [1.82, 2.24) is 0 Å². The molecule has 1 aliphatic rings. The maximum atomic E-state index is 13.6. The highest BCUT2D eigenvalue weighted by Crippen LogP contribution is 2.45. The zero-order chi connectivity index (χ0) is 29.0. The van der Waals surface area contributed by atoms with Gasteiger partial charge in [0.2, 0.25) is 0 Å². The molecule has 0 aliphatic heterocycles.